The highest BCUT2D eigenvalue weighted by molar-refractivity contribution is 5.22. The van der Waals surface area contributed by atoms with Gasteiger partial charge in [-0.1, -0.05) is 33.8 Å². The Kier molecular flexibility index (Phi) is 3.25. The summed E-state index contributed by atoms with van der Waals surface area (Å²) in [4.78, 5) is 0. The molecule has 0 radical (unpaired) electrons. The molecule has 0 aromatic rings. The maximum Gasteiger partial charge on any atom is 0.188 e. The van der Waals surface area contributed by atoms with Crippen molar-refractivity contribution in [1.29, 1.82) is 0 Å². The summed E-state index contributed by atoms with van der Waals surface area (Å²) in [6.07, 6.45) is 10.7. The molecule has 2 bridgehead atoms. The van der Waals surface area contributed by atoms with Gasteiger partial charge in [-0.3, -0.25) is 0 Å². The summed E-state index contributed by atoms with van der Waals surface area (Å²) in [6.45, 7) is 14.1. The van der Waals surface area contributed by atoms with Crippen LogP contribution in [0.15, 0.2) is 12.2 Å². The Hall–Kier alpha value is -0.340. The van der Waals surface area contributed by atoms with Gasteiger partial charge in [0.05, 0.1) is 11.7 Å². The molecule has 0 amide bonds. The van der Waals surface area contributed by atoms with Gasteiger partial charge in [0.1, 0.15) is 0 Å². The molecule has 7 atom stereocenters. The van der Waals surface area contributed by atoms with Gasteiger partial charge in [0.2, 0.25) is 0 Å². The van der Waals surface area contributed by atoms with Crippen LogP contribution in [0.5, 0.6) is 0 Å². The van der Waals surface area contributed by atoms with Gasteiger partial charge in [-0.05, 0) is 74.2 Å². The summed E-state index contributed by atoms with van der Waals surface area (Å²) in [5, 5.41) is 0. The van der Waals surface area contributed by atoms with E-state index >= 15 is 0 Å². The zero-order valence-corrected chi connectivity index (χ0v) is 15.8. The van der Waals surface area contributed by atoms with E-state index in [9.17, 15) is 0 Å². The second-order valence-corrected chi connectivity index (χ2v) is 9.60. The van der Waals surface area contributed by atoms with E-state index in [2.05, 4.69) is 53.7 Å². The van der Waals surface area contributed by atoms with Crippen LogP contribution in [0.3, 0.4) is 0 Å². The fraction of sp³-hybridized carbons (Fsp3) is 0.905. The van der Waals surface area contributed by atoms with Crippen molar-refractivity contribution in [2.24, 2.45) is 28.6 Å². The average molecular weight is 319 g/mol. The smallest absolute Gasteiger partial charge is 0.188 e. The zero-order valence-electron chi connectivity index (χ0n) is 15.8. The summed E-state index contributed by atoms with van der Waals surface area (Å²) in [6, 6.07) is 0. The van der Waals surface area contributed by atoms with E-state index in [1.165, 1.54) is 25.7 Å². The van der Waals surface area contributed by atoms with E-state index in [1.54, 1.807) is 0 Å². The Balaban J connectivity index is 1.78. The maximum absolute atomic E-state index is 6.78. The van der Waals surface area contributed by atoms with Crippen LogP contribution in [0.4, 0.5) is 0 Å². The van der Waals surface area contributed by atoms with E-state index < -0.39 is 5.79 Å². The quantitative estimate of drug-likeness (QED) is 0.641. The molecule has 4 fully saturated rings. The fourth-order valence-corrected chi connectivity index (χ4v) is 7.35. The van der Waals surface area contributed by atoms with Crippen LogP contribution >= 0.6 is 0 Å². The van der Waals surface area contributed by atoms with Crippen LogP contribution in [0.25, 0.3) is 0 Å². The lowest BCUT2D eigenvalue weighted by atomic mass is 9.63. The molecule has 3 aliphatic carbocycles. The first-order chi connectivity index (χ1) is 10.7. The predicted octanol–water partition coefficient (Wildman–Crippen LogP) is 5.33. The van der Waals surface area contributed by atoms with Gasteiger partial charge in [0, 0.05) is 6.42 Å². The molecule has 0 unspecified atom stereocenters. The molecular formula is C21H34O2. The summed E-state index contributed by atoms with van der Waals surface area (Å²) < 4.78 is 13.4. The number of hydrogen-bond donors (Lipinski definition) is 0. The average Bonchev–Trinajstić information content (AvgIpc) is 3.02. The van der Waals surface area contributed by atoms with Gasteiger partial charge < -0.3 is 9.47 Å². The Bertz CT molecular complexity index is 538. The first-order valence-corrected chi connectivity index (χ1v) is 9.76. The van der Waals surface area contributed by atoms with E-state index in [4.69, 9.17) is 9.47 Å². The highest BCUT2D eigenvalue weighted by atomic mass is 16.8. The van der Waals surface area contributed by atoms with Crippen molar-refractivity contribution in [2.45, 2.75) is 91.1 Å². The standard InChI is InChI=1S/C21H34O2/c1-7-11-21(8-2)22-17-13-20-12-16(19(17,6)23-21)18(4,5)15(20)10-9-14(20)3/h7,11,14-17H,8-10,12-13H2,1-6H3/b11-7+/t14-,15+,16-,17+,19-,20-,21-/m1/s1. The van der Waals surface area contributed by atoms with Crippen molar-refractivity contribution in [3.05, 3.63) is 12.2 Å². The number of rotatable bonds is 2. The van der Waals surface area contributed by atoms with Crippen LogP contribution in [-0.2, 0) is 9.47 Å². The number of fused-ring (bicyclic) bond motifs is 3. The third-order valence-electron chi connectivity index (χ3n) is 8.49. The maximum atomic E-state index is 6.78. The number of hydrogen-bond acceptors (Lipinski definition) is 2. The summed E-state index contributed by atoms with van der Waals surface area (Å²) in [7, 11) is 0. The van der Waals surface area contributed by atoms with Gasteiger partial charge in [0.25, 0.3) is 0 Å². The molecule has 4 aliphatic rings. The largest absolute Gasteiger partial charge is 0.340 e. The van der Waals surface area contributed by atoms with Crippen LogP contribution in [0.2, 0.25) is 0 Å². The predicted molar refractivity (Wildman–Crippen MR) is 93.0 cm³/mol. The molecule has 0 aromatic heterocycles. The second-order valence-electron chi connectivity index (χ2n) is 9.60. The van der Waals surface area contributed by atoms with Crippen LogP contribution in [0.1, 0.15) is 73.6 Å². The van der Waals surface area contributed by atoms with Crippen molar-refractivity contribution < 1.29 is 9.47 Å². The minimum absolute atomic E-state index is 0.131. The van der Waals surface area contributed by atoms with Gasteiger partial charge in [-0.25, -0.2) is 0 Å². The molecular weight excluding hydrogens is 284 g/mol. The molecule has 3 saturated carbocycles. The van der Waals surface area contributed by atoms with Crippen LogP contribution in [0, 0.1) is 28.6 Å². The molecule has 23 heavy (non-hydrogen) atoms. The monoisotopic (exact) mass is 318 g/mol. The van der Waals surface area contributed by atoms with Crippen LogP contribution in [-0.4, -0.2) is 17.5 Å². The molecule has 4 rings (SSSR count). The van der Waals surface area contributed by atoms with E-state index in [-0.39, 0.29) is 11.7 Å². The molecule has 2 nitrogen and oxygen atoms in total. The lowest BCUT2D eigenvalue weighted by molar-refractivity contribution is -0.170. The lowest BCUT2D eigenvalue weighted by Crippen LogP contribution is -2.52. The Labute approximate surface area is 142 Å². The summed E-state index contributed by atoms with van der Waals surface area (Å²) >= 11 is 0. The van der Waals surface area contributed by atoms with E-state index in [0.717, 1.165) is 18.3 Å². The Morgan fingerprint density at radius 3 is 2.48 bits per heavy atom. The molecule has 0 aromatic carbocycles. The Morgan fingerprint density at radius 2 is 1.83 bits per heavy atom. The van der Waals surface area contributed by atoms with Gasteiger partial charge in [-0.2, -0.15) is 0 Å². The Morgan fingerprint density at radius 1 is 1.09 bits per heavy atom. The third kappa shape index (κ3) is 1.78. The SMILES string of the molecule is C/C=C/[C@]1(CC)O[C@H]2C[C@@]34C[C@H](C(C)(C)[C@@H]3CC[C@H]4C)[C@@]2(C)O1. The van der Waals surface area contributed by atoms with Gasteiger partial charge in [0.15, 0.2) is 5.79 Å². The third-order valence-corrected chi connectivity index (χ3v) is 8.49. The van der Waals surface area contributed by atoms with Crippen molar-refractivity contribution in [1.82, 2.24) is 0 Å². The van der Waals surface area contributed by atoms with Crippen molar-refractivity contribution in [3.8, 4) is 0 Å². The second kappa shape index (κ2) is 4.64. The van der Waals surface area contributed by atoms with Gasteiger partial charge >= 0.3 is 0 Å². The molecule has 2 heteroatoms. The van der Waals surface area contributed by atoms with E-state index in [0.29, 0.717) is 16.7 Å². The topological polar surface area (TPSA) is 18.5 Å². The minimum atomic E-state index is -0.497. The highest BCUT2D eigenvalue weighted by Crippen LogP contribution is 2.75. The summed E-state index contributed by atoms with van der Waals surface area (Å²) in [5.74, 6) is 1.80. The summed E-state index contributed by atoms with van der Waals surface area (Å²) in [5.41, 5.74) is 0.729. The normalized spacial score (nSPS) is 57.0. The fourth-order valence-electron chi connectivity index (χ4n) is 7.35. The molecule has 1 spiro atoms. The van der Waals surface area contributed by atoms with Crippen molar-refractivity contribution in [3.63, 3.8) is 0 Å². The van der Waals surface area contributed by atoms with Crippen LogP contribution < -0.4 is 0 Å². The minimum Gasteiger partial charge on any atom is -0.340 e. The molecule has 0 N–H and O–H groups in total. The molecule has 1 saturated heterocycles. The van der Waals surface area contributed by atoms with Crippen molar-refractivity contribution in [2.75, 3.05) is 0 Å². The molecule has 130 valence electrons. The van der Waals surface area contributed by atoms with E-state index in [1.807, 2.05) is 0 Å². The number of ether oxygens (including phenoxy) is 2. The van der Waals surface area contributed by atoms with Gasteiger partial charge in [-0.15, -0.1) is 0 Å². The lowest BCUT2D eigenvalue weighted by Gasteiger charge is -2.47. The van der Waals surface area contributed by atoms with Crippen molar-refractivity contribution >= 4 is 0 Å². The molecule has 1 aliphatic heterocycles. The first-order valence-electron chi connectivity index (χ1n) is 9.76. The number of allylic oxidation sites excluding steroid dienone is 1. The first kappa shape index (κ1) is 16.1. The zero-order chi connectivity index (χ0) is 16.7. The molecule has 1 heterocycles. The highest BCUT2D eigenvalue weighted by Gasteiger charge is 2.74.